The number of carbonyl (C=O) groups excluding carboxylic acids is 3. The van der Waals surface area contributed by atoms with Gasteiger partial charge in [0.1, 0.15) is 18.7 Å². The molecule has 1 aliphatic heterocycles. The van der Waals surface area contributed by atoms with E-state index >= 15 is 0 Å². The molecule has 2 atom stereocenters. The van der Waals surface area contributed by atoms with Crippen molar-refractivity contribution < 1.29 is 24.3 Å². The normalized spacial score (nSPS) is 20.4. The Bertz CT molecular complexity index is 693. The van der Waals surface area contributed by atoms with Gasteiger partial charge in [-0.25, -0.2) is 4.98 Å². The number of nitrogens with zero attached hydrogens (tertiary/aromatic N) is 3. The van der Waals surface area contributed by atoms with Crippen molar-refractivity contribution >= 4 is 51.5 Å². The first-order valence-electron chi connectivity index (χ1n) is 6.57. The van der Waals surface area contributed by atoms with E-state index in [1.54, 1.807) is 0 Å². The summed E-state index contributed by atoms with van der Waals surface area (Å²) in [4.78, 5) is 44.8. The van der Waals surface area contributed by atoms with Crippen molar-refractivity contribution in [2.24, 2.45) is 5.16 Å². The number of amides is 3. The molecular formula is C12H14ClN5O5S. The number of β-lactam (4-membered cyclic amide) rings is 1. The van der Waals surface area contributed by atoms with Gasteiger partial charge in [-0.15, -0.1) is 22.9 Å². The van der Waals surface area contributed by atoms with Gasteiger partial charge in [0.2, 0.25) is 5.91 Å². The number of aliphatic hydroxyl groups excluding tert-OH is 1. The Morgan fingerprint density at radius 3 is 2.88 bits per heavy atom. The molecular weight excluding hydrogens is 362 g/mol. The highest BCUT2D eigenvalue weighted by Crippen LogP contribution is 2.18. The van der Waals surface area contributed by atoms with E-state index in [0.29, 0.717) is 0 Å². The minimum Gasteiger partial charge on any atom is -0.398 e. The number of likely N-dealkylation sites (N-methyl/N-ethyl adjacent to an activating group) is 1. The Morgan fingerprint density at radius 1 is 1.58 bits per heavy atom. The van der Waals surface area contributed by atoms with Crippen LogP contribution in [0.3, 0.4) is 0 Å². The van der Waals surface area contributed by atoms with Gasteiger partial charge in [-0.3, -0.25) is 14.4 Å². The Labute approximate surface area is 145 Å². The zero-order valence-electron chi connectivity index (χ0n) is 12.6. The van der Waals surface area contributed by atoms with Crippen molar-refractivity contribution in [3.05, 3.63) is 11.1 Å². The number of hydrogen-bond donors (Lipinski definition) is 3. The maximum absolute atomic E-state index is 12.3. The van der Waals surface area contributed by atoms with Gasteiger partial charge in [0, 0.05) is 12.4 Å². The smallest absolute Gasteiger partial charge is 0.276 e. The number of rotatable bonds is 6. The first kappa shape index (κ1) is 18.1. The maximum Gasteiger partial charge on any atom is 0.276 e. The monoisotopic (exact) mass is 375 g/mol. The average Bonchev–Trinajstić information content (AvgIpc) is 3.03. The highest BCUT2D eigenvalue weighted by Gasteiger charge is 2.45. The summed E-state index contributed by atoms with van der Waals surface area (Å²) in [6, 6.07) is -1.06. The van der Waals surface area contributed by atoms with Crippen LogP contribution < -0.4 is 10.6 Å². The number of hydrogen-bond acceptors (Lipinski definition) is 8. The third-order valence-electron chi connectivity index (χ3n) is 3.11. The van der Waals surface area contributed by atoms with Crippen LogP contribution in [-0.2, 0) is 19.2 Å². The lowest BCUT2D eigenvalue weighted by Gasteiger charge is -2.41. The summed E-state index contributed by atoms with van der Waals surface area (Å²) in [6.45, 7) is 0. The standard InChI is InChI=1S/C12H14ClN5O5S/c1-18-10(21)8(11(18)22)16-9(20)7(17-23-2)5-4-24-12(14-5)15-6(19)3-13/h4,8,10,21H,3H2,1-2H3,(H,16,20)(H,14,15,19). The Kier molecular flexibility index (Phi) is 5.70. The molecule has 1 aliphatic rings. The van der Waals surface area contributed by atoms with Crippen molar-refractivity contribution in [3.63, 3.8) is 0 Å². The molecule has 1 fully saturated rings. The third kappa shape index (κ3) is 3.63. The number of aromatic nitrogens is 1. The Morgan fingerprint density at radius 2 is 2.29 bits per heavy atom. The number of nitrogens with one attached hydrogen (secondary N) is 2. The summed E-state index contributed by atoms with van der Waals surface area (Å²) >= 11 is 6.45. The maximum atomic E-state index is 12.3. The number of halogens is 1. The molecule has 1 aromatic heterocycles. The molecule has 0 aromatic carbocycles. The predicted molar refractivity (Wildman–Crippen MR) is 85.7 cm³/mol. The van der Waals surface area contributed by atoms with Crippen molar-refractivity contribution in [1.29, 1.82) is 0 Å². The molecule has 2 unspecified atom stereocenters. The van der Waals surface area contributed by atoms with Gasteiger partial charge in [-0.05, 0) is 0 Å². The van der Waals surface area contributed by atoms with Crippen LogP contribution in [0.25, 0.3) is 0 Å². The number of oxime groups is 1. The number of thiazole rings is 1. The van der Waals surface area contributed by atoms with Crippen molar-refractivity contribution in [2.75, 3.05) is 25.4 Å². The second-order valence-corrected chi connectivity index (χ2v) is 5.78. The summed E-state index contributed by atoms with van der Waals surface area (Å²) in [6.07, 6.45) is -1.11. The molecule has 1 saturated heterocycles. The van der Waals surface area contributed by atoms with Crippen LogP contribution in [0.5, 0.6) is 0 Å². The van der Waals surface area contributed by atoms with E-state index in [1.165, 1.54) is 19.5 Å². The summed E-state index contributed by atoms with van der Waals surface area (Å²) in [5, 5.41) is 19.7. The fraction of sp³-hybridized carbons (Fsp3) is 0.417. The first-order chi connectivity index (χ1) is 11.4. The number of alkyl halides is 1. The molecule has 2 heterocycles. The van der Waals surface area contributed by atoms with E-state index in [2.05, 4.69) is 25.6 Å². The molecule has 0 radical (unpaired) electrons. The number of anilines is 1. The zero-order chi connectivity index (χ0) is 17.9. The van der Waals surface area contributed by atoms with Crippen LogP contribution >= 0.6 is 22.9 Å². The van der Waals surface area contributed by atoms with E-state index in [0.717, 1.165) is 16.2 Å². The lowest BCUT2D eigenvalue weighted by molar-refractivity contribution is -0.169. The fourth-order valence-electron chi connectivity index (χ4n) is 1.85. The largest absolute Gasteiger partial charge is 0.398 e. The van der Waals surface area contributed by atoms with Crippen LogP contribution in [0.2, 0.25) is 0 Å². The molecule has 3 amide bonds. The molecule has 0 saturated carbocycles. The van der Waals surface area contributed by atoms with E-state index in [9.17, 15) is 19.5 Å². The molecule has 24 heavy (non-hydrogen) atoms. The van der Waals surface area contributed by atoms with Crippen molar-refractivity contribution in [3.8, 4) is 0 Å². The summed E-state index contributed by atoms with van der Waals surface area (Å²) in [5.74, 6) is -1.86. The molecule has 3 N–H and O–H groups in total. The minimum atomic E-state index is -1.11. The van der Waals surface area contributed by atoms with E-state index in [4.69, 9.17) is 11.6 Å². The summed E-state index contributed by atoms with van der Waals surface area (Å²) < 4.78 is 0. The summed E-state index contributed by atoms with van der Waals surface area (Å²) in [5.41, 5.74) is -0.0616. The second kappa shape index (κ2) is 7.55. The molecule has 10 nitrogen and oxygen atoms in total. The quantitative estimate of drug-likeness (QED) is 0.251. The van der Waals surface area contributed by atoms with Gasteiger partial charge in [0.15, 0.2) is 23.1 Å². The van der Waals surface area contributed by atoms with Crippen molar-refractivity contribution in [1.82, 2.24) is 15.2 Å². The summed E-state index contributed by atoms with van der Waals surface area (Å²) in [7, 11) is 2.65. The molecule has 130 valence electrons. The molecule has 0 bridgehead atoms. The van der Waals surface area contributed by atoms with Crippen LogP contribution in [0.4, 0.5) is 5.13 Å². The predicted octanol–water partition coefficient (Wildman–Crippen LogP) is -1.05. The van der Waals surface area contributed by atoms with E-state index in [1.807, 2.05) is 0 Å². The van der Waals surface area contributed by atoms with Crippen LogP contribution in [0, 0.1) is 0 Å². The van der Waals surface area contributed by atoms with Gasteiger partial charge in [0.25, 0.3) is 11.8 Å². The zero-order valence-corrected chi connectivity index (χ0v) is 14.2. The molecule has 2 rings (SSSR count). The highest BCUT2D eigenvalue weighted by molar-refractivity contribution is 7.14. The lowest BCUT2D eigenvalue weighted by Crippen LogP contribution is -2.69. The number of aliphatic hydroxyl groups is 1. The number of carbonyl (C=O) groups is 3. The van der Waals surface area contributed by atoms with Crippen molar-refractivity contribution in [2.45, 2.75) is 12.3 Å². The molecule has 12 heteroatoms. The number of likely N-dealkylation sites (tertiary alicyclic amines) is 1. The van der Waals surface area contributed by atoms with Crippen LogP contribution in [0.1, 0.15) is 5.69 Å². The van der Waals surface area contributed by atoms with Gasteiger partial charge in [-0.1, -0.05) is 5.16 Å². The Hall–Kier alpha value is -2.24. The fourth-order valence-corrected chi connectivity index (χ4v) is 2.63. The third-order valence-corrected chi connectivity index (χ3v) is 4.11. The van der Waals surface area contributed by atoms with Gasteiger partial charge >= 0.3 is 0 Å². The van der Waals surface area contributed by atoms with Crippen LogP contribution in [-0.4, -0.2) is 70.7 Å². The SMILES string of the molecule is CON=C(C(=O)NC1C(=O)N(C)C1O)c1csc(NC(=O)CCl)n1. The topological polar surface area (TPSA) is 133 Å². The van der Waals surface area contributed by atoms with Gasteiger partial charge < -0.3 is 25.5 Å². The molecule has 0 aliphatic carbocycles. The van der Waals surface area contributed by atoms with Crippen LogP contribution in [0.15, 0.2) is 10.5 Å². The molecule has 1 aromatic rings. The molecule has 0 spiro atoms. The minimum absolute atomic E-state index is 0.138. The van der Waals surface area contributed by atoms with Gasteiger partial charge in [-0.2, -0.15) is 0 Å². The second-order valence-electron chi connectivity index (χ2n) is 4.66. The lowest BCUT2D eigenvalue weighted by atomic mass is 10.1. The van der Waals surface area contributed by atoms with E-state index < -0.39 is 30.0 Å². The average molecular weight is 376 g/mol. The first-order valence-corrected chi connectivity index (χ1v) is 7.99. The van der Waals surface area contributed by atoms with E-state index in [-0.39, 0.29) is 22.4 Å². The Balaban J connectivity index is 2.12. The van der Waals surface area contributed by atoms with Gasteiger partial charge in [0.05, 0.1) is 0 Å². The highest BCUT2D eigenvalue weighted by atomic mass is 35.5.